The van der Waals surface area contributed by atoms with E-state index < -0.39 is 0 Å². The van der Waals surface area contributed by atoms with E-state index in [1.165, 1.54) is 0 Å². The molecule has 0 aromatic carbocycles. The van der Waals surface area contributed by atoms with Gasteiger partial charge < -0.3 is 4.90 Å². The van der Waals surface area contributed by atoms with Crippen molar-refractivity contribution in [3.05, 3.63) is 18.0 Å². The normalized spacial score (nSPS) is 21.7. The zero-order valence-electron chi connectivity index (χ0n) is 8.69. The maximum absolute atomic E-state index is 12.0. The molecule has 4 nitrogen and oxygen atoms in total. The standard InChI is InChI=1S/C10H14BrN3O/c1-13-6-8(5-12-13)10(15)14-4-2-3-9(11)7-14/h5-6,9H,2-4,7H2,1H3. The van der Waals surface area contributed by atoms with Crippen molar-refractivity contribution in [2.24, 2.45) is 7.05 Å². The minimum absolute atomic E-state index is 0.0900. The van der Waals surface area contributed by atoms with Gasteiger partial charge >= 0.3 is 0 Å². The van der Waals surface area contributed by atoms with Crippen LogP contribution >= 0.6 is 15.9 Å². The maximum atomic E-state index is 12.0. The number of likely N-dealkylation sites (tertiary alicyclic amines) is 1. The van der Waals surface area contributed by atoms with Gasteiger partial charge in [-0.1, -0.05) is 15.9 Å². The van der Waals surface area contributed by atoms with Gasteiger partial charge in [0.25, 0.3) is 5.91 Å². The van der Waals surface area contributed by atoms with E-state index in [2.05, 4.69) is 21.0 Å². The fourth-order valence-corrected chi connectivity index (χ4v) is 2.50. The summed E-state index contributed by atoms with van der Waals surface area (Å²) >= 11 is 3.56. The number of aryl methyl sites for hydroxylation is 1. The van der Waals surface area contributed by atoms with Crippen molar-refractivity contribution in [1.29, 1.82) is 0 Å². The molecule has 1 atom stereocenters. The molecule has 0 bridgehead atoms. The number of piperidine rings is 1. The molecule has 1 aliphatic heterocycles. The molecule has 1 unspecified atom stereocenters. The van der Waals surface area contributed by atoms with Crippen LogP contribution in [0.3, 0.4) is 0 Å². The summed E-state index contributed by atoms with van der Waals surface area (Å²) < 4.78 is 1.66. The largest absolute Gasteiger partial charge is 0.337 e. The average molecular weight is 272 g/mol. The van der Waals surface area contributed by atoms with E-state index in [0.29, 0.717) is 10.4 Å². The van der Waals surface area contributed by atoms with Crippen LogP contribution in [0.15, 0.2) is 12.4 Å². The number of carbonyl (C=O) groups is 1. The number of alkyl halides is 1. The molecule has 0 saturated carbocycles. The van der Waals surface area contributed by atoms with Gasteiger partial charge in [-0.15, -0.1) is 0 Å². The smallest absolute Gasteiger partial charge is 0.257 e. The van der Waals surface area contributed by atoms with E-state index in [1.54, 1.807) is 17.1 Å². The number of aromatic nitrogens is 2. The highest BCUT2D eigenvalue weighted by Crippen LogP contribution is 2.18. The molecule has 1 amide bonds. The second-order valence-corrected chi connectivity index (χ2v) is 5.19. The van der Waals surface area contributed by atoms with Crippen molar-refractivity contribution in [2.45, 2.75) is 17.7 Å². The topological polar surface area (TPSA) is 38.1 Å². The third-order valence-corrected chi connectivity index (χ3v) is 3.35. The van der Waals surface area contributed by atoms with Gasteiger partial charge in [0, 0.05) is 31.2 Å². The van der Waals surface area contributed by atoms with Gasteiger partial charge in [0.2, 0.25) is 0 Å². The summed E-state index contributed by atoms with van der Waals surface area (Å²) in [6, 6.07) is 0. The van der Waals surface area contributed by atoms with Gasteiger partial charge in [0.1, 0.15) is 0 Å². The van der Waals surface area contributed by atoms with Crippen molar-refractivity contribution < 1.29 is 4.79 Å². The Labute approximate surface area is 97.4 Å². The van der Waals surface area contributed by atoms with Crippen LogP contribution in [0.25, 0.3) is 0 Å². The van der Waals surface area contributed by atoms with Gasteiger partial charge in [-0.05, 0) is 12.8 Å². The van der Waals surface area contributed by atoms with Crippen LogP contribution in [0, 0.1) is 0 Å². The van der Waals surface area contributed by atoms with Crippen molar-refractivity contribution >= 4 is 21.8 Å². The van der Waals surface area contributed by atoms with Crippen molar-refractivity contribution in [3.63, 3.8) is 0 Å². The number of hydrogen-bond donors (Lipinski definition) is 0. The Kier molecular flexibility index (Phi) is 3.09. The molecule has 82 valence electrons. The SMILES string of the molecule is Cn1cc(C(=O)N2CCCC(Br)C2)cn1. The highest BCUT2D eigenvalue weighted by atomic mass is 79.9. The lowest BCUT2D eigenvalue weighted by Crippen LogP contribution is -2.40. The van der Waals surface area contributed by atoms with Crippen LogP contribution in [0.4, 0.5) is 0 Å². The monoisotopic (exact) mass is 271 g/mol. The third-order valence-electron chi connectivity index (χ3n) is 2.60. The molecular weight excluding hydrogens is 258 g/mol. The first kappa shape index (κ1) is 10.7. The summed E-state index contributed by atoms with van der Waals surface area (Å²) in [7, 11) is 1.82. The lowest BCUT2D eigenvalue weighted by Gasteiger charge is -2.29. The van der Waals surface area contributed by atoms with Crippen molar-refractivity contribution in [1.82, 2.24) is 14.7 Å². The van der Waals surface area contributed by atoms with Gasteiger partial charge in [0.15, 0.2) is 0 Å². The Hall–Kier alpha value is -0.840. The van der Waals surface area contributed by atoms with E-state index in [4.69, 9.17) is 0 Å². The van der Waals surface area contributed by atoms with Crippen LogP contribution in [-0.4, -0.2) is 38.5 Å². The van der Waals surface area contributed by atoms with Crippen LogP contribution in [0.2, 0.25) is 0 Å². The Morgan fingerprint density at radius 2 is 2.47 bits per heavy atom. The molecule has 1 saturated heterocycles. The molecule has 1 aliphatic rings. The predicted octanol–water partition coefficient (Wildman–Crippen LogP) is 1.42. The summed E-state index contributed by atoms with van der Waals surface area (Å²) in [4.78, 5) is 14.3. The van der Waals surface area contributed by atoms with Crippen molar-refractivity contribution in [2.75, 3.05) is 13.1 Å². The van der Waals surface area contributed by atoms with E-state index in [-0.39, 0.29) is 5.91 Å². The number of nitrogens with zero attached hydrogens (tertiary/aromatic N) is 3. The van der Waals surface area contributed by atoms with E-state index >= 15 is 0 Å². The Morgan fingerprint density at radius 3 is 3.07 bits per heavy atom. The second kappa shape index (κ2) is 4.35. The number of carbonyl (C=O) groups excluding carboxylic acids is 1. The summed E-state index contributed by atoms with van der Waals surface area (Å²) in [5.41, 5.74) is 0.680. The minimum Gasteiger partial charge on any atom is -0.337 e. The van der Waals surface area contributed by atoms with Gasteiger partial charge in [-0.3, -0.25) is 9.48 Å². The first-order valence-electron chi connectivity index (χ1n) is 5.09. The highest BCUT2D eigenvalue weighted by molar-refractivity contribution is 9.09. The predicted molar refractivity (Wildman–Crippen MR) is 61.1 cm³/mol. The Bertz CT molecular complexity index is 363. The van der Waals surface area contributed by atoms with Crippen LogP contribution in [-0.2, 0) is 7.05 Å². The van der Waals surface area contributed by atoms with Crippen molar-refractivity contribution in [3.8, 4) is 0 Å². The number of halogens is 1. The minimum atomic E-state index is 0.0900. The molecule has 1 fully saturated rings. The van der Waals surface area contributed by atoms with E-state index in [1.807, 2.05) is 11.9 Å². The molecule has 0 radical (unpaired) electrons. The first-order chi connectivity index (χ1) is 7.16. The molecule has 5 heteroatoms. The molecule has 2 heterocycles. The summed E-state index contributed by atoms with van der Waals surface area (Å²) in [5, 5.41) is 4.01. The van der Waals surface area contributed by atoms with E-state index in [9.17, 15) is 4.79 Å². The second-order valence-electron chi connectivity index (χ2n) is 3.89. The van der Waals surface area contributed by atoms with E-state index in [0.717, 1.165) is 25.9 Å². The summed E-state index contributed by atoms with van der Waals surface area (Å²) in [6.07, 6.45) is 5.61. The third kappa shape index (κ3) is 2.40. The number of amides is 1. The number of rotatable bonds is 1. The fourth-order valence-electron chi connectivity index (χ4n) is 1.82. The number of hydrogen-bond acceptors (Lipinski definition) is 2. The molecule has 2 rings (SSSR count). The highest BCUT2D eigenvalue weighted by Gasteiger charge is 2.23. The summed E-state index contributed by atoms with van der Waals surface area (Å²) in [6.45, 7) is 1.66. The zero-order chi connectivity index (χ0) is 10.8. The Morgan fingerprint density at radius 1 is 1.67 bits per heavy atom. The van der Waals surface area contributed by atoms with Gasteiger partial charge in [-0.2, -0.15) is 5.10 Å². The summed E-state index contributed by atoms with van der Waals surface area (Å²) in [5.74, 6) is 0.0900. The molecule has 1 aromatic heterocycles. The maximum Gasteiger partial charge on any atom is 0.257 e. The molecule has 0 aliphatic carbocycles. The van der Waals surface area contributed by atoms with Gasteiger partial charge in [-0.25, -0.2) is 0 Å². The quantitative estimate of drug-likeness (QED) is 0.725. The van der Waals surface area contributed by atoms with Crippen LogP contribution < -0.4 is 0 Å². The van der Waals surface area contributed by atoms with Crippen LogP contribution in [0.5, 0.6) is 0 Å². The molecular formula is C10H14BrN3O. The fraction of sp³-hybridized carbons (Fsp3) is 0.600. The Balaban J connectivity index is 2.07. The molecule has 0 spiro atoms. The average Bonchev–Trinajstić information content (AvgIpc) is 2.64. The molecule has 15 heavy (non-hydrogen) atoms. The molecule has 0 N–H and O–H groups in total. The zero-order valence-corrected chi connectivity index (χ0v) is 10.3. The first-order valence-corrected chi connectivity index (χ1v) is 6.00. The lowest BCUT2D eigenvalue weighted by molar-refractivity contribution is 0.0730. The lowest BCUT2D eigenvalue weighted by atomic mass is 10.1. The molecule has 1 aromatic rings. The van der Waals surface area contributed by atoms with Crippen LogP contribution in [0.1, 0.15) is 23.2 Å². The van der Waals surface area contributed by atoms with Gasteiger partial charge in [0.05, 0.1) is 11.8 Å².